The highest BCUT2D eigenvalue weighted by Crippen LogP contribution is 2.32. The zero-order chi connectivity index (χ0) is 34.5. The molecule has 1 aromatic heterocycles. The van der Waals surface area contributed by atoms with Crippen molar-refractivity contribution < 1.29 is 23.6 Å². The van der Waals surface area contributed by atoms with Gasteiger partial charge in [-0.25, -0.2) is 0 Å². The van der Waals surface area contributed by atoms with Crippen LogP contribution in [0.25, 0.3) is 11.0 Å². The standard InChI is InChI=1S/C38H39ClN4O6/c1-24(44)40-29-13-14-34-31(21-29)33(45)22-35(49-34)37(47)41-32(20-25-9-11-28(39)12-10-25)38(48)42-18-15-26(16-19-42)30-7-3-2-6-27(30)23-43-17-5-4-8-36(43)46/h2-3,6-7,9-14,21-22,26,32H,4-5,8,15-20,23H2,1H3,(H,40,44)(H,41,47). The Bertz CT molecular complexity index is 1930. The molecule has 2 N–H and O–H groups in total. The third-order valence-corrected chi connectivity index (χ3v) is 9.56. The smallest absolute Gasteiger partial charge is 0.287 e. The summed E-state index contributed by atoms with van der Waals surface area (Å²) in [4.78, 5) is 68.3. The predicted octanol–water partition coefficient (Wildman–Crippen LogP) is 5.66. The predicted molar refractivity (Wildman–Crippen MR) is 187 cm³/mol. The van der Waals surface area contributed by atoms with E-state index in [2.05, 4.69) is 22.8 Å². The van der Waals surface area contributed by atoms with Gasteiger partial charge in [0, 0.05) is 62.7 Å². The van der Waals surface area contributed by atoms with E-state index < -0.39 is 17.4 Å². The van der Waals surface area contributed by atoms with Gasteiger partial charge in [0.25, 0.3) is 5.91 Å². The quantitative estimate of drug-likeness (QED) is 0.234. The van der Waals surface area contributed by atoms with Gasteiger partial charge in [-0.1, -0.05) is 48.0 Å². The molecule has 1 atom stereocenters. The summed E-state index contributed by atoms with van der Waals surface area (Å²) < 4.78 is 5.80. The van der Waals surface area contributed by atoms with Crippen molar-refractivity contribution in [3.8, 4) is 0 Å². The van der Waals surface area contributed by atoms with E-state index in [-0.39, 0.29) is 46.8 Å². The number of hydrogen-bond donors (Lipinski definition) is 2. The molecule has 3 heterocycles. The number of nitrogens with one attached hydrogen (secondary N) is 2. The minimum absolute atomic E-state index is 0.180. The van der Waals surface area contributed by atoms with Crippen LogP contribution in [0.2, 0.25) is 5.02 Å². The maximum Gasteiger partial charge on any atom is 0.287 e. The fourth-order valence-electron chi connectivity index (χ4n) is 6.78. The van der Waals surface area contributed by atoms with Crippen molar-refractivity contribution in [1.29, 1.82) is 0 Å². The van der Waals surface area contributed by atoms with Crippen molar-refractivity contribution >= 4 is 51.9 Å². The van der Waals surface area contributed by atoms with Gasteiger partial charge in [-0.3, -0.25) is 24.0 Å². The monoisotopic (exact) mass is 682 g/mol. The van der Waals surface area contributed by atoms with Gasteiger partial charge in [-0.05, 0) is 78.6 Å². The van der Waals surface area contributed by atoms with Crippen LogP contribution in [0.1, 0.15) is 72.2 Å². The Morgan fingerprint density at radius 1 is 0.939 bits per heavy atom. The van der Waals surface area contributed by atoms with E-state index in [9.17, 15) is 24.0 Å². The molecule has 11 heteroatoms. The fraction of sp³-hybridized carbons (Fsp3) is 0.342. The van der Waals surface area contributed by atoms with Crippen molar-refractivity contribution in [1.82, 2.24) is 15.1 Å². The number of likely N-dealkylation sites (tertiary alicyclic amines) is 2. The Labute approximate surface area is 289 Å². The van der Waals surface area contributed by atoms with Gasteiger partial charge in [-0.2, -0.15) is 0 Å². The van der Waals surface area contributed by atoms with E-state index in [0.717, 1.165) is 49.4 Å². The highest BCUT2D eigenvalue weighted by molar-refractivity contribution is 6.30. The minimum atomic E-state index is -0.925. The van der Waals surface area contributed by atoms with E-state index in [0.29, 0.717) is 36.8 Å². The highest BCUT2D eigenvalue weighted by atomic mass is 35.5. The second-order valence-electron chi connectivity index (χ2n) is 12.8. The van der Waals surface area contributed by atoms with Crippen LogP contribution in [-0.4, -0.2) is 59.1 Å². The average Bonchev–Trinajstić information content (AvgIpc) is 3.10. The van der Waals surface area contributed by atoms with Gasteiger partial charge in [0.1, 0.15) is 11.6 Å². The second kappa shape index (κ2) is 15.1. The summed E-state index contributed by atoms with van der Waals surface area (Å²) in [7, 11) is 0. The van der Waals surface area contributed by atoms with E-state index in [1.54, 1.807) is 23.1 Å². The van der Waals surface area contributed by atoms with Crippen molar-refractivity contribution in [3.05, 3.63) is 110 Å². The first-order valence-corrected chi connectivity index (χ1v) is 17.1. The normalized spacial score (nSPS) is 16.0. The van der Waals surface area contributed by atoms with E-state index in [1.165, 1.54) is 24.6 Å². The molecular weight excluding hydrogens is 644 g/mol. The van der Waals surface area contributed by atoms with Crippen molar-refractivity contribution in [2.75, 3.05) is 25.0 Å². The van der Waals surface area contributed by atoms with Crippen LogP contribution in [0.3, 0.4) is 0 Å². The van der Waals surface area contributed by atoms with Gasteiger partial charge >= 0.3 is 0 Å². The molecule has 0 aliphatic carbocycles. The molecule has 4 amide bonds. The van der Waals surface area contributed by atoms with Gasteiger partial charge in [0.05, 0.1) is 5.39 Å². The number of benzene rings is 3. The molecule has 2 aliphatic rings. The molecule has 2 saturated heterocycles. The SMILES string of the molecule is CC(=O)Nc1ccc2oc(C(=O)NC(Cc3ccc(Cl)cc3)C(=O)N3CCC(c4ccccc4CN4CCCCC4=O)CC3)cc(=O)c2c1. The van der Waals surface area contributed by atoms with Crippen LogP contribution in [-0.2, 0) is 27.3 Å². The van der Waals surface area contributed by atoms with Gasteiger partial charge in [0.2, 0.25) is 17.7 Å². The molecule has 254 valence electrons. The third-order valence-electron chi connectivity index (χ3n) is 9.31. The molecule has 6 rings (SSSR count). The van der Waals surface area contributed by atoms with E-state index >= 15 is 0 Å². The Morgan fingerprint density at radius 3 is 2.43 bits per heavy atom. The molecule has 0 spiro atoms. The van der Waals surface area contributed by atoms with Gasteiger partial charge < -0.3 is 24.9 Å². The first-order chi connectivity index (χ1) is 23.6. The Morgan fingerprint density at radius 2 is 1.69 bits per heavy atom. The number of halogens is 1. The lowest BCUT2D eigenvalue weighted by atomic mass is 9.86. The van der Waals surface area contributed by atoms with Crippen LogP contribution in [0.5, 0.6) is 0 Å². The lowest BCUT2D eigenvalue weighted by Crippen LogP contribution is -2.51. The first kappa shape index (κ1) is 33.9. The lowest BCUT2D eigenvalue weighted by molar-refractivity contribution is -0.135. The maximum atomic E-state index is 14.1. The minimum Gasteiger partial charge on any atom is -0.451 e. The molecule has 2 aliphatic heterocycles. The molecule has 1 unspecified atom stereocenters. The third kappa shape index (κ3) is 8.20. The van der Waals surface area contributed by atoms with E-state index in [1.807, 2.05) is 29.2 Å². The summed E-state index contributed by atoms with van der Waals surface area (Å²) in [6.07, 6.45) is 4.28. The molecule has 10 nitrogen and oxygen atoms in total. The number of piperidine rings is 2. The van der Waals surface area contributed by atoms with Crippen LogP contribution in [0.15, 0.2) is 82.0 Å². The Balaban J connectivity index is 1.17. The zero-order valence-corrected chi connectivity index (χ0v) is 28.1. The number of fused-ring (bicyclic) bond motifs is 1. The summed E-state index contributed by atoms with van der Waals surface area (Å²) in [6.45, 7) is 3.77. The summed E-state index contributed by atoms with van der Waals surface area (Å²) >= 11 is 6.10. The Hall–Kier alpha value is -4.96. The maximum absolute atomic E-state index is 14.1. The summed E-state index contributed by atoms with van der Waals surface area (Å²) in [6, 6.07) is 20.1. The first-order valence-electron chi connectivity index (χ1n) is 16.7. The number of hydrogen-bond acceptors (Lipinski definition) is 6. The number of amides is 4. The average molecular weight is 683 g/mol. The number of carbonyl (C=O) groups is 4. The van der Waals surface area contributed by atoms with Gasteiger partial charge in [-0.15, -0.1) is 0 Å². The zero-order valence-electron chi connectivity index (χ0n) is 27.4. The molecule has 2 fully saturated rings. The number of anilines is 1. The largest absolute Gasteiger partial charge is 0.451 e. The molecule has 0 saturated carbocycles. The fourth-order valence-corrected chi connectivity index (χ4v) is 6.90. The highest BCUT2D eigenvalue weighted by Gasteiger charge is 2.32. The topological polar surface area (TPSA) is 129 Å². The molecule has 49 heavy (non-hydrogen) atoms. The second-order valence-corrected chi connectivity index (χ2v) is 13.2. The van der Waals surface area contributed by atoms with Crippen LogP contribution in [0.4, 0.5) is 5.69 Å². The van der Waals surface area contributed by atoms with Crippen molar-refractivity contribution in [2.24, 2.45) is 0 Å². The van der Waals surface area contributed by atoms with Crippen molar-refractivity contribution in [3.63, 3.8) is 0 Å². The molecule has 0 bridgehead atoms. The number of nitrogens with zero attached hydrogens (tertiary/aromatic N) is 2. The Kier molecular flexibility index (Phi) is 10.4. The van der Waals surface area contributed by atoms with Crippen LogP contribution >= 0.6 is 11.6 Å². The van der Waals surface area contributed by atoms with E-state index in [4.69, 9.17) is 16.0 Å². The van der Waals surface area contributed by atoms with Crippen LogP contribution in [0, 0.1) is 0 Å². The molecular formula is C38H39ClN4O6. The summed E-state index contributed by atoms with van der Waals surface area (Å²) in [5.74, 6) is -0.973. The molecule has 4 aromatic rings. The number of carbonyl (C=O) groups excluding carboxylic acids is 4. The lowest BCUT2D eigenvalue weighted by Gasteiger charge is -2.36. The summed E-state index contributed by atoms with van der Waals surface area (Å²) in [5, 5.41) is 6.23. The molecule has 0 radical (unpaired) electrons. The number of rotatable bonds is 9. The summed E-state index contributed by atoms with van der Waals surface area (Å²) in [5.41, 5.74) is 3.34. The molecule has 3 aromatic carbocycles. The van der Waals surface area contributed by atoms with Crippen LogP contribution < -0.4 is 16.1 Å². The van der Waals surface area contributed by atoms with Crippen molar-refractivity contribution in [2.45, 2.75) is 64.0 Å². The van der Waals surface area contributed by atoms with Gasteiger partial charge in [0.15, 0.2) is 11.2 Å².